The molecule has 2 saturated carbocycles. The lowest BCUT2D eigenvalue weighted by Crippen LogP contribution is -2.50. The van der Waals surface area contributed by atoms with Crippen LogP contribution in [-0.4, -0.2) is 84.3 Å². The SMILES string of the molecule is CCC1CCC2(CC1)NC(=O)N(CC(=O)OCC(=O)N(C1CCCC1)C1CCS(=O)(=O)C1)C2=O. The number of imide groups is 1. The van der Waals surface area contributed by atoms with Crippen LogP contribution in [0.3, 0.4) is 0 Å². The molecule has 4 aliphatic rings. The number of hydrogen-bond acceptors (Lipinski definition) is 7. The lowest BCUT2D eigenvalue weighted by molar-refractivity contribution is -0.155. The number of rotatable bonds is 7. The topological polar surface area (TPSA) is 130 Å². The van der Waals surface area contributed by atoms with E-state index < -0.39 is 58.4 Å². The lowest BCUT2D eigenvalue weighted by atomic mass is 9.75. The molecule has 11 heteroatoms. The zero-order chi connectivity index (χ0) is 24.5. The average Bonchev–Trinajstić information content (AvgIpc) is 3.50. The van der Waals surface area contributed by atoms with Crippen molar-refractivity contribution in [3.8, 4) is 0 Å². The average molecular weight is 498 g/mol. The minimum absolute atomic E-state index is 0.0476. The molecule has 2 aliphatic heterocycles. The second kappa shape index (κ2) is 9.83. The van der Waals surface area contributed by atoms with Crippen LogP contribution >= 0.6 is 0 Å². The van der Waals surface area contributed by atoms with Gasteiger partial charge in [0.05, 0.1) is 11.5 Å². The number of amides is 4. The van der Waals surface area contributed by atoms with Crippen molar-refractivity contribution in [3.05, 3.63) is 0 Å². The van der Waals surface area contributed by atoms with Crippen LogP contribution in [0.1, 0.15) is 71.1 Å². The van der Waals surface area contributed by atoms with E-state index in [-0.39, 0.29) is 17.5 Å². The number of hydrogen-bond donors (Lipinski definition) is 1. The molecule has 0 aromatic heterocycles. The normalized spacial score (nSPS) is 31.1. The van der Waals surface area contributed by atoms with E-state index in [9.17, 15) is 27.6 Å². The van der Waals surface area contributed by atoms with E-state index in [2.05, 4.69) is 12.2 Å². The van der Waals surface area contributed by atoms with Crippen molar-refractivity contribution >= 4 is 33.7 Å². The van der Waals surface area contributed by atoms with Crippen LogP contribution < -0.4 is 5.32 Å². The number of ether oxygens (including phenoxy) is 1. The van der Waals surface area contributed by atoms with Gasteiger partial charge in [0.2, 0.25) is 0 Å². The molecule has 1 spiro atoms. The van der Waals surface area contributed by atoms with Gasteiger partial charge in [-0.3, -0.25) is 19.3 Å². The summed E-state index contributed by atoms with van der Waals surface area (Å²) in [4.78, 5) is 53.4. The number of esters is 1. The zero-order valence-electron chi connectivity index (χ0n) is 19.8. The van der Waals surface area contributed by atoms with Crippen molar-refractivity contribution in [2.75, 3.05) is 24.7 Å². The maximum atomic E-state index is 13.0. The maximum absolute atomic E-state index is 13.0. The molecule has 4 amide bonds. The molecule has 1 unspecified atom stereocenters. The fourth-order valence-corrected chi connectivity index (χ4v) is 7.72. The van der Waals surface area contributed by atoms with E-state index in [4.69, 9.17) is 4.74 Å². The molecular weight excluding hydrogens is 462 g/mol. The summed E-state index contributed by atoms with van der Waals surface area (Å²) < 4.78 is 29.1. The second-order valence-corrected chi connectivity index (χ2v) is 12.4. The number of nitrogens with one attached hydrogen (secondary N) is 1. The summed E-state index contributed by atoms with van der Waals surface area (Å²) in [6.45, 7) is 1.04. The summed E-state index contributed by atoms with van der Waals surface area (Å²) in [7, 11) is -3.17. The lowest BCUT2D eigenvalue weighted by Gasteiger charge is -2.34. The molecule has 2 heterocycles. The van der Waals surface area contributed by atoms with Gasteiger partial charge in [-0.15, -0.1) is 0 Å². The fraction of sp³-hybridized carbons (Fsp3) is 0.826. The Morgan fingerprint density at radius 2 is 1.76 bits per heavy atom. The highest BCUT2D eigenvalue weighted by Gasteiger charge is 2.52. The van der Waals surface area contributed by atoms with Crippen LogP contribution in [0.15, 0.2) is 0 Å². The Balaban J connectivity index is 1.33. The number of sulfone groups is 1. The molecule has 0 radical (unpaired) electrons. The van der Waals surface area contributed by atoms with Gasteiger partial charge in [-0.1, -0.05) is 26.2 Å². The number of urea groups is 1. The number of nitrogens with zero attached hydrogens (tertiary/aromatic N) is 2. The third kappa shape index (κ3) is 5.08. The van der Waals surface area contributed by atoms with E-state index in [1.54, 1.807) is 4.90 Å². The van der Waals surface area contributed by atoms with Crippen LogP contribution in [0.25, 0.3) is 0 Å². The van der Waals surface area contributed by atoms with Crippen LogP contribution in [0.4, 0.5) is 4.79 Å². The molecule has 4 rings (SSSR count). The molecule has 4 fully saturated rings. The molecule has 0 bridgehead atoms. The summed E-state index contributed by atoms with van der Waals surface area (Å²) in [5, 5.41) is 2.78. The number of carbonyl (C=O) groups excluding carboxylic acids is 4. The first kappa shape index (κ1) is 24.9. The smallest absolute Gasteiger partial charge is 0.326 e. The van der Waals surface area contributed by atoms with E-state index in [1.807, 2.05) is 0 Å². The maximum Gasteiger partial charge on any atom is 0.326 e. The third-order valence-electron chi connectivity index (χ3n) is 8.03. The molecule has 1 atom stereocenters. The molecule has 10 nitrogen and oxygen atoms in total. The van der Waals surface area contributed by atoms with Gasteiger partial charge in [-0.25, -0.2) is 13.2 Å². The minimum Gasteiger partial charge on any atom is -0.454 e. The van der Waals surface area contributed by atoms with Gasteiger partial charge in [0, 0.05) is 12.1 Å². The first-order valence-corrected chi connectivity index (χ1v) is 14.3. The van der Waals surface area contributed by atoms with E-state index in [1.165, 1.54) is 0 Å². The molecule has 2 aliphatic carbocycles. The monoisotopic (exact) mass is 497 g/mol. The summed E-state index contributed by atoms with van der Waals surface area (Å²) >= 11 is 0. The molecule has 34 heavy (non-hydrogen) atoms. The molecular formula is C23H35N3O7S. The van der Waals surface area contributed by atoms with Gasteiger partial charge in [-0.05, 0) is 50.9 Å². The quantitative estimate of drug-likeness (QED) is 0.415. The second-order valence-electron chi connectivity index (χ2n) is 10.2. The van der Waals surface area contributed by atoms with Crippen molar-refractivity contribution in [2.24, 2.45) is 5.92 Å². The zero-order valence-corrected chi connectivity index (χ0v) is 20.6. The van der Waals surface area contributed by atoms with Gasteiger partial charge in [0.15, 0.2) is 16.4 Å². The van der Waals surface area contributed by atoms with E-state index in [0.717, 1.165) is 49.8 Å². The Bertz CT molecular complexity index is 936. The fourth-order valence-electron chi connectivity index (χ4n) is 6.01. The van der Waals surface area contributed by atoms with Crippen molar-refractivity contribution in [3.63, 3.8) is 0 Å². The first-order valence-electron chi connectivity index (χ1n) is 12.5. The Morgan fingerprint density at radius 1 is 1.09 bits per heavy atom. The Hall–Kier alpha value is -2.17. The summed E-state index contributed by atoms with van der Waals surface area (Å²) in [5.41, 5.74) is -0.938. The van der Waals surface area contributed by atoms with E-state index in [0.29, 0.717) is 25.2 Å². The summed E-state index contributed by atoms with van der Waals surface area (Å²) in [5.74, 6) is -1.12. The number of carbonyl (C=O) groups is 4. The standard InChI is InChI=1S/C23H35N3O7S/c1-2-16-7-10-23(11-8-16)21(29)25(22(30)24-23)13-20(28)33-14-19(27)26(17-5-3-4-6-17)18-9-12-34(31,32)15-18/h16-18H,2-15H2,1H3,(H,24,30). The van der Waals surface area contributed by atoms with Crippen molar-refractivity contribution in [1.82, 2.24) is 15.1 Å². The Kier molecular flexibility index (Phi) is 7.21. The van der Waals surface area contributed by atoms with Crippen molar-refractivity contribution in [2.45, 2.75) is 88.8 Å². The summed E-state index contributed by atoms with van der Waals surface area (Å²) in [6.07, 6.45) is 7.80. The minimum atomic E-state index is -3.17. The van der Waals surface area contributed by atoms with Gasteiger partial charge in [-0.2, -0.15) is 0 Å². The van der Waals surface area contributed by atoms with Crippen LogP contribution in [0.5, 0.6) is 0 Å². The Morgan fingerprint density at radius 3 is 2.35 bits per heavy atom. The highest BCUT2D eigenvalue weighted by molar-refractivity contribution is 7.91. The van der Waals surface area contributed by atoms with Crippen LogP contribution in [0.2, 0.25) is 0 Å². The predicted molar refractivity (Wildman–Crippen MR) is 122 cm³/mol. The molecule has 2 saturated heterocycles. The molecule has 1 N–H and O–H groups in total. The molecule has 190 valence electrons. The molecule has 0 aromatic rings. The van der Waals surface area contributed by atoms with E-state index >= 15 is 0 Å². The Labute approximate surface area is 200 Å². The third-order valence-corrected chi connectivity index (χ3v) is 9.78. The van der Waals surface area contributed by atoms with Crippen molar-refractivity contribution in [1.29, 1.82) is 0 Å². The van der Waals surface area contributed by atoms with Crippen LogP contribution in [-0.2, 0) is 29.0 Å². The first-order chi connectivity index (χ1) is 16.1. The highest BCUT2D eigenvalue weighted by atomic mass is 32.2. The molecule has 0 aromatic carbocycles. The largest absolute Gasteiger partial charge is 0.454 e. The van der Waals surface area contributed by atoms with Gasteiger partial charge >= 0.3 is 12.0 Å². The van der Waals surface area contributed by atoms with Gasteiger partial charge in [0.25, 0.3) is 11.8 Å². The van der Waals surface area contributed by atoms with Crippen molar-refractivity contribution < 1.29 is 32.3 Å². The highest BCUT2D eigenvalue weighted by Crippen LogP contribution is 2.37. The summed E-state index contributed by atoms with van der Waals surface area (Å²) in [6, 6.07) is -1.05. The van der Waals surface area contributed by atoms with Gasteiger partial charge < -0.3 is 15.0 Å². The predicted octanol–water partition coefficient (Wildman–Crippen LogP) is 1.38. The van der Waals surface area contributed by atoms with Gasteiger partial charge in [0.1, 0.15) is 12.1 Å². The van der Waals surface area contributed by atoms with Crippen LogP contribution in [0, 0.1) is 5.92 Å².